The fourth-order valence-corrected chi connectivity index (χ4v) is 7.88. The zero-order valence-corrected chi connectivity index (χ0v) is 32.6. The zero-order chi connectivity index (χ0) is 40.7. The maximum atomic E-state index is 14.7. The standard InChI is InChI=1S/C22H22ClFN4O2.C18H15ClF3N3O3/c23-14-6-7-17-19(12-14)30-22(26-17)25-15-8-11-28(13-15)21(29)20-16(24)4-3-5-18(20)27-9-1-2-10-27;1-9-6-12(15(27-9)18(20,21)22)16(26)25-5-4-11(8-25)23-17-24-13-3-2-10(19)7-14(13)28-17/h3-7,12,15H,1-2,8-11,13H2,(H,25,26);2-3,6-7,11H,4-5,8H2,1H3,(H,23,24)/t15-;11-/m11/s1. The molecule has 2 amide bonds. The molecule has 9 rings (SSSR count). The van der Waals surface area contributed by atoms with Crippen molar-refractivity contribution in [3.63, 3.8) is 0 Å². The maximum Gasteiger partial charge on any atom is 0.450 e. The Bertz CT molecular complexity index is 2480. The highest BCUT2D eigenvalue weighted by atomic mass is 35.5. The lowest BCUT2D eigenvalue weighted by Gasteiger charge is -2.24. The molecule has 0 spiro atoms. The lowest BCUT2D eigenvalue weighted by atomic mass is 10.1. The molecule has 3 aliphatic rings. The van der Waals surface area contributed by atoms with Crippen molar-refractivity contribution in [2.45, 2.75) is 50.9 Å². The average Bonchev–Trinajstić information content (AvgIpc) is 4.03. The monoisotopic (exact) mass is 841 g/mol. The summed E-state index contributed by atoms with van der Waals surface area (Å²) in [5.74, 6) is -2.66. The summed E-state index contributed by atoms with van der Waals surface area (Å²) < 4.78 is 70.0. The molecule has 3 aliphatic heterocycles. The smallest absolute Gasteiger partial charge is 0.450 e. The van der Waals surface area contributed by atoms with Crippen LogP contribution in [0.15, 0.2) is 73.9 Å². The molecule has 6 heterocycles. The number of carbonyl (C=O) groups excluding carboxylic acids is 2. The molecular formula is C40H37Cl2F4N7O5. The van der Waals surface area contributed by atoms with E-state index in [1.165, 1.54) is 17.9 Å². The summed E-state index contributed by atoms with van der Waals surface area (Å²) >= 11 is 11.9. The molecule has 304 valence electrons. The van der Waals surface area contributed by atoms with E-state index in [1.54, 1.807) is 47.4 Å². The first kappa shape index (κ1) is 39.4. The molecule has 12 nitrogen and oxygen atoms in total. The highest BCUT2D eigenvalue weighted by molar-refractivity contribution is 6.31. The zero-order valence-electron chi connectivity index (χ0n) is 31.0. The molecule has 3 fully saturated rings. The third-order valence-corrected chi connectivity index (χ3v) is 10.8. The molecule has 0 saturated carbocycles. The third kappa shape index (κ3) is 8.39. The van der Waals surface area contributed by atoms with Gasteiger partial charge in [0.05, 0.1) is 16.8 Å². The predicted molar refractivity (Wildman–Crippen MR) is 210 cm³/mol. The number of hydrogen-bond acceptors (Lipinski definition) is 10. The van der Waals surface area contributed by atoms with Crippen LogP contribution < -0.4 is 15.5 Å². The van der Waals surface area contributed by atoms with Crippen molar-refractivity contribution in [3.8, 4) is 0 Å². The van der Waals surface area contributed by atoms with Gasteiger partial charge < -0.3 is 38.6 Å². The highest BCUT2D eigenvalue weighted by Crippen LogP contribution is 2.36. The number of oxazole rings is 2. The van der Waals surface area contributed by atoms with Crippen molar-refractivity contribution in [1.29, 1.82) is 0 Å². The van der Waals surface area contributed by atoms with Crippen LogP contribution in [0.4, 0.5) is 35.3 Å². The molecule has 58 heavy (non-hydrogen) atoms. The van der Waals surface area contributed by atoms with Gasteiger partial charge >= 0.3 is 6.18 Å². The molecule has 0 unspecified atom stereocenters. The lowest BCUT2D eigenvalue weighted by molar-refractivity contribution is -0.153. The van der Waals surface area contributed by atoms with Crippen LogP contribution in [0, 0.1) is 12.7 Å². The van der Waals surface area contributed by atoms with Gasteiger partial charge in [-0.05, 0) is 75.1 Å². The number of aromatic nitrogens is 2. The van der Waals surface area contributed by atoms with Crippen LogP contribution in [0.2, 0.25) is 10.0 Å². The van der Waals surface area contributed by atoms with Gasteiger partial charge in [-0.25, -0.2) is 4.39 Å². The molecule has 2 atom stereocenters. The summed E-state index contributed by atoms with van der Waals surface area (Å²) in [6, 6.07) is 16.8. The average molecular weight is 843 g/mol. The number of amides is 2. The number of aryl methyl sites for hydroxylation is 1. The molecule has 0 bridgehead atoms. The van der Waals surface area contributed by atoms with E-state index >= 15 is 0 Å². The van der Waals surface area contributed by atoms with E-state index in [0.717, 1.165) is 43.9 Å². The van der Waals surface area contributed by atoms with Gasteiger partial charge in [-0.3, -0.25) is 9.59 Å². The molecule has 0 radical (unpaired) electrons. The van der Waals surface area contributed by atoms with Gasteiger partial charge in [0.1, 0.15) is 22.6 Å². The second kappa shape index (κ2) is 16.0. The van der Waals surface area contributed by atoms with E-state index in [0.29, 0.717) is 64.5 Å². The van der Waals surface area contributed by atoms with Gasteiger partial charge in [-0.2, -0.15) is 23.1 Å². The first-order chi connectivity index (χ1) is 27.8. The molecule has 6 aromatic rings. The Balaban J connectivity index is 0.000000162. The maximum absolute atomic E-state index is 14.7. The molecule has 3 aromatic heterocycles. The number of benzene rings is 3. The van der Waals surface area contributed by atoms with Crippen molar-refractivity contribution in [1.82, 2.24) is 19.8 Å². The Kier molecular flexibility index (Phi) is 10.9. The van der Waals surface area contributed by atoms with Crippen LogP contribution in [-0.4, -0.2) is 82.9 Å². The second-order valence-electron chi connectivity index (χ2n) is 14.5. The van der Waals surface area contributed by atoms with E-state index in [9.17, 15) is 27.2 Å². The van der Waals surface area contributed by atoms with Crippen molar-refractivity contribution < 1.29 is 40.4 Å². The largest absolute Gasteiger partial charge is 0.456 e. The molecule has 0 aliphatic carbocycles. The van der Waals surface area contributed by atoms with Crippen LogP contribution in [0.5, 0.6) is 0 Å². The van der Waals surface area contributed by atoms with Crippen LogP contribution in [0.1, 0.15) is 57.9 Å². The molecular weight excluding hydrogens is 805 g/mol. The van der Waals surface area contributed by atoms with Gasteiger partial charge in [-0.1, -0.05) is 29.3 Å². The summed E-state index contributed by atoms with van der Waals surface area (Å²) in [4.78, 5) is 39.7. The summed E-state index contributed by atoms with van der Waals surface area (Å²) in [5, 5.41) is 7.43. The van der Waals surface area contributed by atoms with Gasteiger partial charge in [0.15, 0.2) is 11.2 Å². The number of nitrogens with one attached hydrogen (secondary N) is 2. The molecule has 18 heteroatoms. The summed E-state index contributed by atoms with van der Waals surface area (Å²) in [6.45, 7) is 4.64. The van der Waals surface area contributed by atoms with E-state index in [4.69, 9.17) is 36.5 Å². The van der Waals surface area contributed by atoms with Gasteiger partial charge in [0.25, 0.3) is 23.8 Å². The van der Waals surface area contributed by atoms with Crippen molar-refractivity contribution in [2.75, 3.05) is 54.8 Å². The number of fused-ring (bicyclic) bond motifs is 2. The topological polar surface area (TPSA) is 133 Å². The van der Waals surface area contributed by atoms with Gasteiger partial charge in [-0.15, -0.1) is 0 Å². The number of carbonyl (C=O) groups is 2. The van der Waals surface area contributed by atoms with Crippen molar-refractivity contribution in [3.05, 3.63) is 99.2 Å². The second-order valence-corrected chi connectivity index (χ2v) is 15.3. The number of hydrogen-bond donors (Lipinski definition) is 2. The Morgan fingerprint density at radius 1 is 0.759 bits per heavy atom. The number of anilines is 3. The van der Waals surface area contributed by atoms with Gasteiger partial charge in [0, 0.05) is 73.5 Å². The Hall–Kier alpha value is -5.48. The van der Waals surface area contributed by atoms with Crippen molar-refractivity contribution in [2.24, 2.45) is 0 Å². The van der Waals surface area contributed by atoms with E-state index in [-0.39, 0.29) is 41.9 Å². The minimum absolute atomic E-state index is 0.0144. The molecule has 3 saturated heterocycles. The fourth-order valence-electron chi connectivity index (χ4n) is 7.55. The molecule has 3 aromatic carbocycles. The fraction of sp³-hybridized carbons (Fsp3) is 0.350. The molecule has 2 N–H and O–H groups in total. The number of nitrogens with zero attached hydrogens (tertiary/aromatic N) is 5. The van der Waals surface area contributed by atoms with E-state index in [2.05, 4.69) is 25.5 Å². The van der Waals surface area contributed by atoms with Crippen LogP contribution in [0.25, 0.3) is 22.2 Å². The number of likely N-dealkylation sites (tertiary alicyclic amines) is 2. The number of rotatable bonds is 7. The Morgan fingerprint density at radius 2 is 1.31 bits per heavy atom. The van der Waals surface area contributed by atoms with Gasteiger partial charge in [0.2, 0.25) is 5.76 Å². The normalized spacial score (nSPS) is 18.3. The number of alkyl halides is 3. The van der Waals surface area contributed by atoms with Crippen LogP contribution in [-0.2, 0) is 6.18 Å². The summed E-state index contributed by atoms with van der Waals surface area (Å²) in [5.41, 5.74) is 2.88. The van der Waals surface area contributed by atoms with E-state index in [1.807, 2.05) is 6.07 Å². The summed E-state index contributed by atoms with van der Waals surface area (Å²) in [6.07, 6.45) is -1.32. The quantitative estimate of drug-likeness (QED) is 0.150. The first-order valence-electron chi connectivity index (χ1n) is 18.7. The minimum Gasteiger partial charge on any atom is -0.456 e. The van der Waals surface area contributed by atoms with E-state index < -0.39 is 29.2 Å². The van der Waals surface area contributed by atoms with Crippen LogP contribution in [0.3, 0.4) is 0 Å². The number of furan rings is 1. The van der Waals surface area contributed by atoms with Crippen molar-refractivity contribution >= 4 is 74.9 Å². The predicted octanol–water partition coefficient (Wildman–Crippen LogP) is 9.28. The SMILES string of the molecule is Cc1cc(C(=O)N2CC[C@@H](Nc3nc4ccc(Cl)cc4o3)C2)c(C(F)(F)F)o1.O=C(c1c(F)cccc1N1CCCC1)N1CC[C@@H](Nc2nc3ccc(Cl)cc3o2)C1. The van der Waals surface area contributed by atoms with Crippen LogP contribution >= 0.6 is 23.2 Å². The minimum atomic E-state index is -4.73. The Morgan fingerprint density at radius 3 is 1.86 bits per heavy atom. The summed E-state index contributed by atoms with van der Waals surface area (Å²) in [7, 11) is 0. The first-order valence-corrected chi connectivity index (χ1v) is 19.5. The third-order valence-electron chi connectivity index (χ3n) is 10.3. The number of halogens is 6. The highest BCUT2D eigenvalue weighted by Gasteiger charge is 2.42. The Labute approximate surface area is 339 Å². The lowest BCUT2D eigenvalue weighted by Crippen LogP contribution is -2.33.